The molecule has 0 atom stereocenters. The van der Waals surface area contributed by atoms with E-state index in [1.54, 1.807) is 0 Å². The predicted molar refractivity (Wildman–Crippen MR) is 272 cm³/mol. The third kappa shape index (κ3) is 6.61. The average Bonchev–Trinajstić information content (AvgIpc) is 3.72. The van der Waals surface area contributed by atoms with Crippen LogP contribution < -0.4 is 4.90 Å². The van der Waals surface area contributed by atoms with E-state index >= 15 is 0 Å². The highest BCUT2D eigenvalue weighted by Gasteiger charge is 2.16. The molecule has 11 aromatic carbocycles. The Kier molecular flexibility index (Phi) is 9.20. The van der Waals surface area contributed by atoms with Gasteiger partial charge in [-0.1, -0.05) is 188 Å². The van der Waals surface area contributed by atoms with Crippen molar-refractivity contribution in [1.82, 2.24) is 4.57 Å². The zero-order valence-electron chi connectivity index (χ0n) is 35.1. The molecule has 0 amide bonds. The van der Waals surface area contributed by atoms with E-state index in [1.165, 1.54) is 87.9 Å². The maximum atomic E-state index is 2.37. The highest BCUT2D eigenvalue weighted by molar-refractivity contribution is 6.14. The fourth-order valence-corrected chi connectivity index (χ4v) is 9.63. The number of hydrogen-bond donors (Lipinski definition) is 0. The molecule has 0 aliphatic carbocycles. The van der Waals surface area contributed by atoms with E-state index < -0.39 is 0 Å². The van der Waals surface area contributed by atoms with Gasteiger partial charge < -0.3 is 9.47 Å². The molecule has 0 N–H and O–H groups in total. The lowest BCUT2D eigenvalue weighted by atomic mass is 9.92. The van der Waals surface area contributed by atoms with Crippen LogP contribution in [0, 0.1) is 0 Å². The van der Waals surface area contributed by atoms with Crippen LogP contribution in [-0.4, -0.2) is 4.57 Å². The van der Waals surface area contributed by atoms with Crippen molar-refractivity contribution in [2.75, 3.05) is 4.90 Å². The highest BCUT2D eigenvalue weighted by Crippen LogP contribution is 2.40. The number of aromatic nitrogens is 1. The highest BCUT2D eigenvalue weighted by atomic mass is 15.1. The van der Waals surface area contributed by atoms with E-state index in [1.807, 2.05) is 0 Å². The maximum absolute atomic E-state index is 2.37. The van der Waals surface area contributed by atoms with Gasteiger partial charge in [0, 0.05) is 33.5 Å². The zero-order valence-corrected chi connectivity index (χ0v) is 35.1. The topological polar surface area (TPSA) is 8.17 Å². The fourth-order valence-electron chi connectivity index (χ4n) is 9.63. The van der Waals surface area contributed by atoms with Crippen molar-refractivity contribution in [2.24, 2.45) is 0 Å². The van der Waals surface area contributed by atoms with E-state index in [0.717, 1.165) is 22.7 Å². The standard InChI is InChI=1S/C62H42N2/c1-2-12-43(13-3-1)44-22-24-45(25-23-44)47-30-34-51(35-31-47)63(53-38-40-54(41-39-53)64-61-20-10-8-18-58(61)59-19-9-11-21-62(59)64)52-36-32-48(33-37-52)46-26-28-49(29-27-46)60-42-50-14-4-5-15-55(50)56-16-6-7-17-57(56)60/h1-42H. The van der Waals surface area contributed by atoms with Gasteiger partial charge in [-0.15, -0.1) is 0 Å². The molecular formula is C62H42N2. The second-order valence-corrected chi connectivity index (χ2v) is 16.5. The van der Waals surface area contributed by atoms with Gasteiger partial charge in [0.1, 0.15) is 0 Å². The molecule has 0 aliphatic heterocycles. The van der Waals surface area contributed by atoms with Crippen molar-refractivity contribution in [2.45, 2.75) is 0 Å². The lowest BCUT2D eigenvalue weighted by Gasteiger charge is -2.26. The van der Waals surface area contributed by atoms with Crippen LogP contribution in [-0.2, 0) is 0 Å². The van der Waals surface area contributed by atoms with Gasteiger partial charge in [0.05, 0.1) is 11.0 Å². The van der Waals surface area contributed by atoms with Gasteiger partial charge in [0.2, 0.25) is 0 Å². The van der Waals surface area contributed by atoms with Gasteiger partial charge in [-0.05, 0) is 133 Å². The lowest BCUT2D eigenvalue weighted by Crippen LogP contribution is -2.10. The summed E-state index contributed by atoms with van der Waals surface area (Å²) in [7, 11) is 0. The molecule has 0 fully saturated rings. The summed E-state index contributed by atoms with van der Waals surface area (Å²) < 4.78 is 2.37. The quantitative estimate of drug-likeness (QED) is 0.139. The summed E-state index contributed by atoms with van der Waals surface area (Å²) in [6, 6.07) is 92.5. The molecule has 2 heteroatoms. The third-order valence-corrected chi connectivity index (χ3v) is 12.8. The smallest absolute Gasteiger partial charge is 0.0541 e. The number of anilines is 3. The minimum Gasteiger partial charge on any atom is -0.311 e. The normalized spacial score (nSPS) is 11.4. The first kappa shape index (κ1) is 37.3. The Balaban J connectivity index is 0.893. The second kappa shape index (κ2) is 15.8. The first-order chi connectivity index (χ1) is 31.7. The molecule has 0 unspecified atom stereocenters. The molecule has 1 aromatic heterocycles. The van der Waals surface area contributed by atoms with E-state index in [0.29, 0.717) is 0 Å². The first-order valence-corrected chi connectivity index (χ1v) is 22.0. The molecule has 300 valence electrons. The van der Waals surface area contributed by atoms with Gasteiger partial charge in [-0.3, -0.25) is 0 Å². The number of fused-ring (bicyclic) bond motifs is 6. The summed E-state index contributed by atoms with van der Waals surface area (Å²) in [5.74, 6) is 0. The molecule has 0 saturated heterocycles. The Hall–Kier alpha value is -8.46. The van der Waals surface area contributed by atoms with Crippen LogP contribution in [0.1, 0.15) is 0 Å². The third-order valence-electron chi connectivity index (χ3n) is 12.8. The van der Waals surface area contributed by atoms with Crippen molar-refractivity contribution in [1.29, 1.82) is 0 Å². The average molecular weight is 815 g/mol. The minimum absolute atomic E-state index is 1.09. The number of para-hydroxylation sites is 2. The Morgan fingerprint density at radius 1 is 0.250 bits per heavy atom. The van der Waals surface area contributed by atoms with Gasteiger partial charge in [0.25, 0.3) is 0 Å². The first-order valence-electron chi connectivity index (χ1n) is 22.0. The van der Waals surface area contributed by atoms with Crippen LogP contribution in [0.3, 0.4) is 0 Å². The van der Waals surface area contributed by atoms with Crippen molar-refractivity contribution >= 4 is 60.4 Å². The van der Waals surface area contributed by atoms with Gasteiger partial charge >= 0.3 is 0 Å². The van der Waals surface area contributed by atoms with E-state index in [4.69, 9.17) is 0 Å². The van der Waals surface area contributed by atoms with Gasteiger partial charge in [0.15, 0.2) is 0 Å². The van der Waals surface area contributed by atoms with Crippen molar-refractivity contribution in [3.63, 3.8) is 0 Å². The van der Waals surface area contributed by atoms with E-state index in [-0.39, 0.29) is 0 Å². The molecule has 0 spiro atoms. The fraction of sp³-hybridized carbons (Fsp3) is 0. The van der Waals surface area contributed by atoms with Crippen LogP contribution in [0.25, 0.3) is 93.5 Å². The molecule has 0 radical (unpaired) electrons. The molecule has 0 bridgehead atoms. The second-order valence-electron chi connectivity index (χ2n) is 16.5. The van der Waals surface area contributed by atoms with Crippen molar-refractivity contribution in [3.05, 3.63) is 255 Å². The summed E-state index contributed by atoms with van der Waals surface area (Å²) in [6.45, 7) is 0. The molecule has 0 aliphatic rings. The summed E-state index contributed by atoms with van der Waals surface area (Å²) in [5, 5.41) is 7.63. The molecule has 2 nitrogen and oxygen atoms in total. The molecule has 12 rings (SSSR count). The number of benzene rings is 11. The summed E-state index contributed by atoms with van der Waals surface area (Å²) in [5.41, 5.74) is 16.5. The monoisotopic (exact) mass is 814 g/mol. The van der Waals surface area contributed by atoms with Crippen molar-refractivity contribution in [3.8, 4) is 50.2 Å². The summed E-state index contributed by atoms with van der Waals surface area (Å²) in [6.07, 6.45) is 0. The van der Waals surface area contributed by atoms with Crippen LogP contribution >= 0.6 is 0 Å². The van der Waals surface area contributed by atoms with Crippen LogP contribution in [0.2, 0.25) is 0 Å². The number of rotatable bonds is 8. The van der Waals surface area contributed by atoms with E-state index in [2.05, 4.69) is 264 Å². The molecule has 0 saturated carbocycles. The Labute approximate surface area is 373 Å². The largest absolute Gasteiger partial charge is 0.311 e. The SMILES string of the molecule is c1ccc(-c2ccc(-c3ccc(N(c4ccc(-c5ccc(-c6cc7ccccc7c7ccccc67)cc5)cc4)c4ccc(-n5c6ccccc6c6ccccc65)cc4)cc3)cc2)cc1. The molecule has 1 heterocycles. The van der Waals surface area contributed by atoms with Gasteiger partial charge in [-0.25, -0.2) is 0 Å². The van der Waals surface area contributed by atoms with Crippen LogP contribution in [0.5, 0.6) is 0 Å². The Morgan fingerprint density at radius 2 is 0.609 bits per heavy atom. The van der Waals surface area contributed by atoms with E-state index in [9.17, 15) is 0 Å². The number of nitrogens with zero attached hydrogens (tertiary/aromatic N) is 2. The number of hydrogen-bond acceptors (Lipinski definition) is 1. The summed E-state index contributed by atoms with van der Waals surface area (Å²) in [4.78, 5) is 2.36. The molecular weight excluding hydrogens is 773 g/mol. The van der Waals surface area contributed by atoms with Crippen molar-refractivity contribution < 1.29 is 0 Å². The maximum Gasteiger partial charge on any atom is 0.0541 e. The minimum atomic E-state index is 1.09. The zero-order chi connectivity index (χ0) is 42.4. The Morgan fingerprint density at radius 3 is 1.12 bits per heavy atom. The predicted octanol–water partition coefficient (Wildman–Crippen LogP) is 17.2. The van der Waals surface area contributed by atoms with Crippen LogP contribution in [0.4, 0.5) is 17.1 Å². The summed E-state index contributed by atoms with van der Waals surface area (Å²) >= 11 is 0. The molecule has 12 aromatic rings. The Bertz CT molecular complexity index is 3550. The lowest BCUT2D eigenvalue weighted by molar-refractivity contribution is 1.17. The molecule has 64 heavy (non-hydrogen) atoms. The van der Waals surface area contributed by atoms with Crippen LogP contribution in [0.15, 0.2) is 255 Å². The van der Waals surface area contributed by atoms with Gasteiger partial charge in [-0.2, -0.15) is 0 Å².